The third-order valence-corrected chi connectivity index (χ3v) is 7.20. The van der Waals surface area contributed by atoms with Gasteiger partial charge in [0.05, 0.1) is 11.7 Å². The van der Waals surface area contributed by atoms with Gasteiger partial charge in [-0.15, -0.1) is 24.8 Å². The zero-order valence-corrected chi connectivity index (χ0v) is 18.3. The van der Waals surface area contributed by atoms with Gasteiger partial charge in [-0.3, -0.25) is 9.48 Å². The van der Waals surface area contributed by atoms with Crippen molar-refractivity contribution in [3.05, 3.63) is 17.0 Å². The molecule has 1 amide bonds. The highest BCUT2D eigenvalue weighted by atomic mass is 35.5. The van der Waals surface area contributed by atoms with Crippen LogP contribution in [0, 0.1) is 31.6 Å². The van der Waals surface area contributed by atoms with E-state index >= 15 is 0 Å². The molecule has 7 heteroatoms. The summed E-state index contributed by atoms with van der Waals surface area (Å²) in [5.74, 6) is 1.69. The summed E-state index contributed by atoms with van der Waals surface area (Å²) < 4.78 is 1.95. The summed E-state index contributed by atoms with van der Waals surface area (Å²) in [6.45, 7) is 5.10. The third-order valence-electron chi connectivity index (χ3n) is 7.20. The molecule has 154 valence electrons. The smallest absolute Gasteiger partial charge is 0.226 e. The number of hydrogen-bond donors (Lipinski definition) is 1. The summed E-state index contributed by atoms with van der Waals surface area (Å²) in [6.07, 6.45) is 7.90. The molecular formula is C20H34Cl2N4O. The second kappa shape index (κ2) is 8.71. The second-order valence-corrected chi connectivity index (χ2v) is 8.59. The number of carbonyl (C=O) groups is 1. The van der Waals surface area contributed by atoms with Gasteiger partial charge in [-0.1, -0.05) is 6.42 Å². The molecule has 3 fully saturated rings. The van der Waals surface area contributed by atoms with E-state index in [4.69, 9.17) is 5.73 Å². The van der Waals surface area contributed by atoms with Gasteiger partial charge in [0.25, 0.3) is 0 Å². The van der Waals surface area contributed by atoms with E-state index in [1.54, 1.807) is 0 Å². The molecule has 1 aromatic rings. The van der Waals surface area contributed by atoms with Crippen LogP contribution in [0.2, 0.25) is 0 Å². The first-order valence-electron chi connectivity index (χ1n) is 10.0. The molecule has 1 aliphatic heterocycles. The summed E-state index contributed by atoms with van der Waals surface area (Å²) in [5.41, 5.74) is 9.98. The van der Waals surface area contributed by atoms with Crippen LogP contribution in [0.15, 0.2) is 0 Å². The van der Waals surface area contributed by atoms with Crippen molar-refractivity contribution < 1.29 is 4.79 Å². The lowest BCUT2D eigenvalue weighted by Gasteiger charge is -2.44. The van der Waals surface area contributed by atoms with Crippen molar-refractivity contribution in [1.82, 2.24) is 14.7 Å². The first kappa shape index (κ1) is 22.5. The quantitative estimate of drug-likeness (QED) is 0.798. The minimum absolute atomic E-state index is 0. The fraction of sp³-hybridized carbons (Fsp3) is 0.800. The molecule has 1 aromatic heterocycles. The number of fused-ring (bicyclic) bond motifs is 2. The van der Waals surface area contributed by atoms with Crippen molar-refractivity contribution >= 4 is 30.7 Å². The number of halogens is 2. The van der Waals surface area contributed by atoms with Crippen molar-refractivity contribution in [2.45, 2.75) is 70.9 Å². The fourth-order valence-electron chi connectivity index (χ4n) is 5.83. The number of rotatable bonds is 2. The Kier molecular flexibility index (Phi) is 7.26. The van der Waals surface area contributed by atoms with Gasteiger partial charge < -0.3 is 10.6 Å². The third kappa shape index (κ3) is 3.88. The predicted molar refractivity (Wildman–Crippen MR) is 112 cm³/mol. The topological polar surface area (TPSA) is 64.2 Å². The van der Waals surface area contributed by atoms with Crippen LogP contribution in [0.3, 0.4) is 0 Å². The van der Waals surface area contributed by atoms with Crippen molar-refractivity contribution in [1.29, 1.82) is 0 Å². The molecule has 2 heterocycles. The summed E-state index contributed by atoms with van der Waals surface area (Å²) in [5, 5.41) is 4.58. The van der Waals surface area contributed by atoms with Crippen LogP contribution in [-0.2, 0) is 11.8 Å². The number of aryl methyl sites for hydroxylation is 2. The Morgan fingerprint density at radius 1 is 1.07 bits per heavy atom. The largest absolute Gasteiger partial charge is 0.335 e. The maximum absolute atomic E-state index is 13.4. The number of nitrogens with two attached hydrogens (primary N) is 1. The van der Waals surface area contributed by atoms with Crippen LogP contribution in [0.5, 0.6) is 0 Å². The normalized spacial score (nSPS) is 32.6. The lowest BCUT2D eigenvalue weighted by atomic mass is 9.65. The molecule has 3 unspecified atom stereocenters. The van der Waals surface area contributed by atoms with Gasteiger partial charge in [-0.05, 0) is 64.2 Å². The minimum atomic E-state index is 0. The van der Waals surface area contributed by atoms with Crippen molar-refractivity contribution in [3.8, 4) is 0 Å². The number of amides is 1. The predicted octanol–water partition coefficient (Wildman–Crippen LogP) is 3.70. The Hall–Kier alpha value is -0.780. The van der Waals surface area contributed by atoms with E-state index in [2.05, 4.69) is 23.8 Å². The van der Waals surface area contributed by atoms with E-state index in [0.29, 0.717) is 23.8 Å². The van der Waals surface area contributed by atoms with Gasteiger partial charge in [0.15, 0.2) is 0 Å². The Balaban J connectivity index is 0.00000131. The fourth-order valence-corrected chi connectivity index (χ4v) is 5.83. The summed E-state index contributed by atoms with van der Waals surface area (Å²) in [4.78, 5) is 15.6. The van der Waals surface area contributed by atoms with Crippen molar-refractivity contribution in [2.24, 2.45) is 30.5 Å². The molecule has 27 heavy (non-hydrogen) atoms. The maximum Gasteiger partial charge on any atom is 0.226 e. The van der Waals surface area contributed by atoms with Crippen LogP contribution >= 0.6 is 24.8 Å². The van der Waals surface area contributed by atoms with Crippen LogP contribution in [-0.4, -0.2) is 33.2 Å². The van der Waals surface area contributed by atoms with Gasteiger partial charge in [0.2, 0.25) is 5.91 Å². The van der Waals surface area contributed by atoms with Crippen LogP contribution < -0.4 is 5.73 Å². The molecule has 3 atom stereocenters. The van der Waals surface area contributed by atoms with E-state index in [1.165, 1.54) is 30.5 Å². The number of carbonyl (C=O) groups excluding carboxylic acids is 1. The Labute approximate surface area is 175 Å². The zero-order valence-electron chi connectivity index (χ0n) is 16.7. The first-order valence-corrected chi connectivity index (χ1v) is 10.0. The second-order valence-electron chi connectivity index (χ2n) is 8.59. The summed E-state index contributed by atoms with van der Waals surface area (Å²) in [7, 11) is 2.00. The van der Waals surface area contributed by atoms with E-state index in [9.17, 15) is 4.79 Å². The molecule has 0 aromatic carbocycles. The maximum atomic E-state index is 13.4. The van der Waals surface area contributed by atoms with Crippen LogP contribution in [0.25, 0.3) is 0 Å². The average molecular weight is 417 g/mol. The summed E-state index contributed by atoms with van der Waals surface area (Å²) in [6, 6.07) is 0.548. The van der Waals surface area contributed by atoms with Gasteiger partial charge in [-0.2, -0.15) is 5.10 Å². The van der Waals surface area contributed by atoms with Gasteiger partial charge in [0.1, 0.15) is 0 Å². The monoisotopic (exact) mass is 416 g/mol. The lowest BCUT2D eigenvalue weighted by molar-refractivity contribution is -0.139. The van der Waals surface area contributed by atoms with Crippen LogP contribution in [0.4, 0.5) is 0 Å². The van der Waals surface area contributed by atoms with E-state index in [-0.39, 0.29) is 36.8 Å². The Morgan fingerprint density at radius 3 is 2.26 bits per heavy atom. The van der Waals surface area contributed by atoms with Gasteiger partial charge in [0, 0.05) is 36.8 Å². The van der Waals surface area contributed by atoms with E-state index in [1.807, 2.05) is 11.7 Å². The molecule has 2 saturated carbocycles. The highest BCUT2D eigenvalue weighted by molar-refractivity contribution is 5.85. The van der Waals surface area contributed by atoms with E-state index < -0.39 is 0 Å². The molecular weight excluding hydrogens is 383 g/mol. The summed E-state index contributed by atoms with van der Waals surface area (Å²) >= 11 is 0. The van der Waals surface area contributed by atoms with Gasteiger partial charge >= 0.3 is 0 Å². The Bertz CT molecular complexity index is 663. The number of aromatic nitrogens is 2. The number of nitrogens with zero attached hydrogens (tertiary/aromatic N) is 3. The zero-order chi connectivity index (χ0) is 17.7. The van der Waals surface area contributed by atoms with Gasteiger partial charge in [-0.25, -0.2) is 0 Å². The standard InChI is InChI=1S/C20H32N4O.2ClH/c1-12-18(13(2)23(3)22-12)17-8-5-9-24(17)20(25)16-10-14-6-4-7-15(11-16)19(14)21;;/h14-17,19H,4-11,21H2,1-3H3;2*1H. The molecule has 2 N–H and O–H groups in total. The van der Waals surface area contributed by atoms with Crippen LogP contribution in [0.1, 0.15) is 67.9 Å². The molecule has 2 aliphatic carbocycles. The number of hydrogen-bond acceptors (Lipinski definition) is 3. The lowest BCUT2D eigenvalue weighted by Crippen LogP contribution is -2.49. The SMILES string of the molecule is Cc1nn(C)c(C)c1C1CCCN1C(=O)C1CC2CCCC(C1)C2N.Cl.Cl. The highest BCUT2D eigenvalue weighted by Gasteiger charge is 2.43. The average Bonchev–Trinajstić information content (AvgIpc) is 3.11. The highest BCUT2D eigenvalue weighted by Crippen LogP contribution is 2.44. The molecule has 2 bridgehead atoms. The molecule has 0 spiro atoms. The van der Waals surface area contributed by atoms with Crippen molar-refractivity contribution in [2.75, 3.05) is 6.54 Å². The van der Waals surface area contributed by atoms with E-state index in [0.717, 1.165) is 37.9 Å². The minimum Gasteiger partial charge on any atom is -0.335 e. The molecule has 3 aliphatic rings. The Morgan fingerprint density at radius 2 is 1.70 bits per heavy atom. The first-order chi connectivity index (χ1) is 12.0. The number of likely N-dealkylation sites (tertiary alicyclic amines) is 1. The van der Waals surface area contributed by atoms with Crippen molar-refractivity contribution in [3.63, 3.8) is 0 Å². The molecule has 0 radical (unpaired) electrons. The molecule has 5 nitrogen and oxygen atoms in total. The molecule has 4 rings (SSSR count). The molecule has 1 saturated heterocycles.